The Morgan fingerprint density at radius 2 is 2.05 bits per heavy atom. The van der Waals surface area contributed by atoms with Crippen LogP contribution in [0.5, 0.6) is 0 Å². The van der Waals surface area contributed by atoms with E-state index >= 15 is 0 Å². The van der Waals surface area contributed by atoms with Gasteiger partial charge in [0.15, 0.2) is 0 Å². The fourth-order valence-electron chi connectivity index (χ4n) is 1.90. The van der Waals surface area contributed by atoms with Gasteiger partial charge in [-0.1, -0.05) is 0 Å². The van der Waals surface area contributed by atoms with E-state index < -0.39 is 4.92 Å². The Bertz CT molecular complexity index is 648. The van der Waals surface area contributed by atoms with Crippen molar-refractivity contribution in [3.8, 4) is 0 Å². The minimum absolute atomic E-state index is 0.0260. The second-order valence-electron chi connectivity index (χ2n) is 4.32. The number of hydrogen-bond acceptors (Lipinski definition) is 5. The number of hydrogen-bond donors (Lipinski definition) is 1. The first-order chi connectivity index (χ1) is 9.49. The summed E-state index contributed by atoms with van der Waals surface area (Å²) >= 11 is 3.16. The molecule has 1 unspecified atom stereocenters. The molecule has 0 saturated carbocycles. The lowest BCUT2D eigenvalue weighted by atomic mass is 10.1. The first kappa shape index (κ1) is 14.4. The third-order valence-electron chi connectivity index (χ3n) is 2.86. The fraction of sp³-hybridized carbons (Fsp3) is 0.231. The van der Waals surface area contributed by atoms with Crippen molar-refractivity contribution >= 4 is 27.3 Å². The Labute approximate surface area is 124 Å². The highest BCUT2D eigenvalue weighted by Gasteiger charge is 2.15. The number of halogens is 1. The Morgan fingerprint density at radius 1 is 1.35 bits per heavy atom. The molecule has 0 bridgehead atoms. The molecule has 0 fully saturated rings. The van der Waals surface area contributed by atoms with Crippen molar-refractivity contribution < 1.29 is 4.92 Å². The number of benzene rings is 1. The summed E-state index contributed by atoms with van der Waals surface area (Å²) in [6.45, 7) is 3.81. The molecule has 0 spiro atoms. The number of aromatic nitrogens is 2. The van der Waals surface area contributed by atoms with Crippen LogP contribution in [0.25, 0.3) is 0 Å². The highest BCUT2D eigenvalue weighted by atomic mass is 79.9. The van der Waals surface area contributed by atoms with Gasteiger partial charge in [-0.25, -0.2) is 0 Å². The molecule has 0 aliphatic heterocycles. The van der Waals surface area contributed by atoms with Crippen LogP contribution in [0.15, 0.2) is 35.1 Å². The van der Waals surface area contributed by atoms with Crippen LogP contribution in [-0.4, -0.2) is 14.9 Å². The van der Waals surface area contributed by atoms with Crippen LogP contribution in [0.3, 0.4) is 0 Å². The molecule has 7 heteroatoms. The molecule has 0 radical (unpaired) electrons. The van der Waals surface area contributed by atoms with Crippen molar-refractivity contribution in [2.75, 3.05) is 5.32 Å². The van der Waals surface area contributed by atoms with Crippen molar-refractivity contribution in [1.29, 1.82) is 0 Å². The standard InChI is InChI=1S/C13H13BrN4O2/c1-8-13(16-6-5-15-8)9(2)17-10-3-4-11(14)12(7-10)18(19)20/h3-7,9,17H,1-2H3. The van der Waals surface area contributed by atoms with Gasteiger partial charge in [-0.15, -0.1) is 0 Å². The largest absolute Gasteiger partial charge is 0.377 e. The number of nitrogens with one attached hydrogen (secondary N) is 1. The zero-order valence-corrected chi connectivity index (χ0v) is 12.6. The first-order valence-electron chi connectivity index (χ1n) is 5.97. The molecule has 1 aromatic carbocycles. The highest BCUT2D eigenvalue weighted by Crippen LogP contribution is 2.29. The second kappa shape index (κ2) is 5.96. The molecule has 0 saturated heterocycles. The normalized spacial score (nSPS) is 11.9. The topological polar surface area (TPSA) is 81.0 Å². The maximum Gasteiger partial charge on any atom is 0.285 e. The lowest BCUT2D eigenvalue weighted by molar-refractivity contribution is -0.385. The summed E-state index contributed by atoms with van der Waals surface area (Å²) < 4.78 is 0.455. The molecular weight excluding hydrogens is 324 g/mol. The van der Waals surface area contributed by atoms with Crippen LogP contribution in [0.1, 0.15) is 24.4 Å². The molecule has 0 aliphatic rings. The van der Waals surface area contributed by atoms with Crippen molar-refractivity contribution in [1.82, 2.24) is 9.97 Å². The predicted molar refractivity (Wildman–Crippen MR) is 79.6 cm³/mol. The van der Waals surface area contributed by atoms with Crippen LogP contribution >= 0.6 is 15.9 Å². The molecule has 20 heavy (non-hydrogen) atoms. The van der Waals surface area contributed by atoms with E-state index in [1.807, 2.05) is 13.8 Å². The van der Waals surface area contributed by atoms with E-state index in [0.717, 1.165) is 11.4 Å². The van der Waals surface area contributed by atoms with Crippen LogP contribution in [0.4, 0.5) is 11.4 Å². The fourth-order valence-corrected chi connectivity index (χ4v) is 2.30. The van der Waals surface area contributed by atoms with Gasteiger partial charge in [0.1, 0.15) is 0 Å². The zero-order chi connectivity index (χ0) is 14.7. The molecule has 0 amide bonds. The van der Waals surface area contributed by atoms with Gasteiger partial charge in [0.05, 0.1) is 26.8 Å². The molecule has 0 aliphatic carbocycles. The van der Waals surface area contributed by atoms with Gasteiger partial charge in [0.25, 0.3) is 5.69 Å². The van der Waals surface area contributed by atoms with E-state index in [2.05, 4.69) is 31.2 Å². The summed E-state index contributed by atoms with van der Waals surface area (Å²) in [5.41, 5.74) is 2.34. The van der Waals surface area contributed by atoms with Gasteiger partial charge < -0.3 is 5.32 Å². The Balaban J connectivity index is 2.24. The van der Waals surface area contributed by atoms with E-state index in [9.17, 15) is 10.1 Å². The minimum Gasteiger partial charge on any atom is -0.377 e. The molecule has 1 N–H and O–H groups in total. The van der Waals surface area contributed by atoms with Crippen LogP contribution in [0.2, 0.25) is 0 Å². The van der Waals surface area contributed by atoms with Crippen molar-refractivity contribution in [2.45, 2.75) is 19.9 Å². The van der Waals surface area contributed by atoms with E-state index in [1.165, 1.54) is 6.07 Å². The Kier molecular flexibility index (Phi) is 4.29. The number of nitrogens with zero attached hydrogens (tertiary/aromatic N) is 3. The summed E-state index contributed by atoms with van der Waals surface area (Å²) in [4.78, 5) is 19.0. The average Bonchev–Trinajstić information content (AvgIpc) is 2.41. The van der Waals surface area contributed by atoms with E-state index in [1.54, 1.807) is 24.5 Å². The SMILES string of the molecule is Cc1nccnc1C(C)Nc1ccc(Br)c([N+](=O)[O-])c1. The van der Waals surface area contributed by atoms with Gasteiger partial charge in [-0.05, 0) is 41.9 Å². The van der Waals surface area contributed by atoms with Crippen molar-refractivity contribution in [3.05, 3.63) is 56.6 Å². The maximum absolute atomic E-state index is 10.9. The monoisotopic (exact) mass is 336 g/mol. The molecule has 104 valence electrons. The highest BCUT2D eigenvalue weighted by molar-refractivity contribution is 9.10. The van der Waals surface area contributed by atoms with Crippen molar-refractivity contribution in [3.63, 3.8) is 0 Å². The number of anilines is 1. The molecule has 1 atom stereocenters. The summed E-state index contributed by atoms with van der Waals surface area (Å²) in [5, 5.41) is 14.1. The molecule has 2 aromatic rings. The predicted octanol–water partition coefficient (Wildman–Crippen LogP) is 3.63. The van der Waals surface area contributed by atoms with Crippen LogP contribution < -0.4 is 5.32 Å². The number of aryl methyl sites for hydroxylation is 1. The van der Waals surface area contributed by atoms with E-state index in [0.29, 0.717) is 10.2 Å². The smallest absolute Gasteiger partial charge is 0.285 e. The summed E-state index contributed by atoms with van der Waals surface area (Å²) in [6, 6.07) is 4.83. The minimum atomic E-state index is -0.423. The lowest BCUT2D eigenvalue weighted by Crippen LogP contribution is -2.11. The molecular formula is C13H13BrN4O2. The number of nitro groups is 1. The zero-order valence-electron chi connectivity index (χ0n) is 11.0. The first-order valence-corrected chi connectivity index (χ1v) is 6.76. The van der Waals surface area contributed by atoms with Crippen molar-refractivity contribution in [2.24, 2.45) is 0 Å². The van der Waals surface area contributed by atoms with E-state index in [4.69, 9.17) is 0 Å². The third kappa shape index (κ3) is 3.11. The van der Waals surface area contributed by atoms with Gasteiger partial charge in [0.2, 0.25) is 0 Å². The Morgan fingerprint density at radius 3 is 2.70 bits per heavy atom. The summed E-state index contributed by atoms with van der Waals surface area (Å²) in [7, 11) is 0. The van der Waals surface area contributed by atoms with Gasteiger partial charge >= 0.3 is 0 Å². The quantitative estimate of drug-likeness (QED) is 0.681. The van der Waals surface area contributed by atoms with Crippen LogP contribution in [0, 0.1) is 17.0 Å². The average molecular weight is 337 g/mol. The molecule has 1 heterocycles. The number of nitro benzene ring substituents is 1. The van der Waals surface area contributed by atoms with Gasteiger partial charge in [-0.2, -0.15) is 0 Å². The van der Waals surface area contributed by atoms with Crippen LogP contribution in [-0.2, 0) is 0 Å². The summed E-state index contributed by atoms with van der Waals surface area (Å²) in [6.07, 6.45) is 3.26. The second-order valence-corrected chi connectivity index (χ2v) is 5.17. The van der Waals surface area contributed by atoms with E-state index in [-0.39, 0.29) is 11.7 Å². The summed E-state index contributed by atoms with van der Waals surface area (Å²) in [5.74, 6) is 0. The third-order valence-corrected chi connectivity index (χ3v) is 3.53. The maximum atomic E-state index is 10.9. The number of rotatable bonds is 4. The van der Waals surface area contributed by atoms with Gasteiger partial charge in [-0.3, -0.25) is 20.1 Å². The molecule has 2 rings (SSSR count). The molecule has 1 aromatic heterocycles. The lowest BCUT2D eigenvalue weighted by Gasteiger charge is -2.16. The van der Waals surface area contributed by atoms with Gasteiger partial charge in [0, 0.05) is 24.1 Å². The Hall–Kier alpha value is -2.02. The molecule has 6 nitrogen and oxygen atoms in total.